The second-order valence-electron chi connectivity index (χ2n) is 6.50. The molecule has 1 atom stereocenters. The molecule has 140 valence electrons. The summed E-state index contributed by atoms with van der Waals surface area (Å²) in [5.74, 6) is -0.103. The van der Waals surface area contributed by atoms with Crippen LogP contribution in [0.15, 0.2) is 72.9 Å². The first kappa shape index (κ1) is 17.8. The average Bonchev–Trinajstić information content (AvgIpc) is 3.12. The Morgan fingerprint density at radius 3 is 2.36 bits per heavy atom. The molecule has 4 rings (SSSR count). The first-order chi connectivity index (χ1) is 13.6. The number of esters is 1. The lowest BCUT2D eigenvalue weighted by Crippen LogP contribution is -2.28. The zero-order chi connectivity index (χ0) is 19.7. The van der Waals surface area contributed by atoms with Crippen LogP contribution in [0.1, 0.15) is 22.1 Å². The Labute approximate surface area is 162 Å². The van der Waals surface area contributed by atoms with Crippen LogP contribution in [0.25, 0.3) is 21.7 Å². The molecule has 0 saturated heterocycles. The SMILES string of the molecule is COC(=O)c1cn(C(=O)C(C)Oc2cccc3ccccc23)c2ccccc12. The zero-order valence-corrected chi connectivity index (χ0v) is 15.6. The summed E-state index contributed by atoms with van der Waals surface area (Å²) in [7, 11) is 1.32. The monoisotopic (exact) mass is 373 g/mol. The predicted octanol–water partition coefficient (Wildman–Crippen LogP) is 4.69. The summed E-state index contributed by atoms with van der Waals surface area (Å²) in [5.41, 5.74) is 0.991. The number of rotatable bonds is 4. The van der Waals surface area contributed by atoms with Gasteiger partial charge in [0.25, 0.3) is 5.91 Å². The quantitative estimate of drug-likeness (QED) is 0.487. The number of benzene rings is 3. The summed E-state index contributed by atoms with van der Waals surface area (Å²) < 4.78 is 12.3. The van der Waals surface area contributed by atoms with Crippen LogP contribution in [0.4, 0.5) is 0 Å². The fourth-order valence-electron chi connectivity index (χ4n) is 3.37. The largest absolute Gasteiger partial charge is 0.480 e. The fraction of sp³-hybridized carbons (Fsp3) is 0.130. The van der Waals surface area contributed by atoms with E-state index in [0.717, 1.165) is 10.8 Å². The standard InChI is InChI=1S/C23H19NO4/c1-15(28-21-13-7-9-16-8-3-4-10-17(16)21)22(25)24-14-19(23(26)27-2)18-11-5-6-12-20(18)24/h3-15H,1-2H3. The van der Waals surface area contributed by atoms with Crippen LogP contribution in [0.3, 0.4) is 0 Å². The summed E-state index contributed by atoms with van der Waals surface area (Å²) in [6.07, 6.45) is 0.772. The molecule has 4 aromatic rings. The lowest BCUT2D eigenvalue weighted by atomic mass is 10.1. The Kier molecular flexibility index (Phi) is 4.57. The molecular weight excluding hydrogens is 354 g/mol. The number of hydrogen-bond acceptors (Lipinski definition) is 4. The lowest BCUT2D eigenvalue weighted by molar-refractivity contribution is 0.0602. The second kappa shape index (κ2) is 7.19. The van der Waals surface area contributed by atoms with Crippen molar-refractivity contribution in [2.24, 2.45) is 0 Å². The fourth-order valence-corrected chi connectivity index (χ4v) is 3.37. The maximum atomic E-state index is 13.1. The van der Waals surface area contributed by atoms with E-state index in [1.807, 2.05) is 54.6 Å². The minimum absolute atomic E-state index is 0.265. The molecule has 0 spiro atoms. The van der Waals surface area contributed by atoms with E-state index >= 15 is 0 Å². The summed E-state index contributed by atoms with van der Waals surface area (Å²) in [6.45, 7) is 1.71. The number of carbonyl (C=O) groups is 2. The van der Waals surface area contributed by atoms with Crippen LogP contribution >= 0.6 is 0 Å². The van der Waals surface area contributed by atoms with Gasteiger partial charge < -0.3 is 9.47 Å². The Hall–Kier alpha value is -3.60. The van der Waals surface area contributed by atoms with Gasteiger partial charge in [0.15, 0.2) is 6.10 Å². The van der Waals surface area contributed by atoms with E-state index < -0.39 is 12.1 Å². The first-order valence-corrected chi connectivity index (χ1v) is 8.97. The maximum absolute atomic E-state index is 13.1. The van der Waals surface area contributed by atoms with Crippen molar-refractivity contribution in [3.8, 4) is 5.75 Å². The van der Waals surface area contributed by atoms with E-state index in [0.29, 0.717) is 22.2 Å². The molecule has 28 heavy (non-hydrogen) atoms. The molecule has 1 unspecified atom stereocenters. The second-order valence-corrected chi connectivity index (χ2v) is 6.50. The highest BCUT2D eigenvalue weighted by Gasteiger charge is 2.23. The van der Waals surface area contributed by atoms with Crippen molar-refractivity contribution in [3.63, 3.8) is 0 Å². The van der Waals surface area contributed by atoms with Crippen molar-refractivity contribution in [1.82, 2.24) is 4.57 Å². The van der Waals surface area contributed by atoms with Crippen LogP contribution < -0.4 is 4.74 Å². The lowest BCUT2D eigenvalue weighted by Gasteiger charge is -2.16. The van der Waals surface area contributed by atoms with Gasteiger partial charge in [-0.1, -0.05) is 54.6 Å². The van der Waals surface area contributed by atoms with E-state index in [9.17, 15) is 9.59 Å². The van der Waals surface area contributed by atoms with E-state index in [-0.39, 0.29) is 5.91 Å². The van der Waals surface area contributed by atoms with Gasteiger partial charge >= 0.3 is 5.97 Å². The van der Waals surface area contributed by atoms with Crippen LogP contribution in [0.2, 0.25) is 0 Å². The van der Waals surface area contributed by atoms with E-state index in [1.165, 1.54) is 17.9 Å². The molecule has 0 radical (unpaired) electrons. The van der Waals surface area contributed by atoms with Crippen molar-refractivity contribution >= 4 is 33.6 Å². The van der Waals surface area contributed by atoms with Crippen LogP contribution in [-0.4, -0.2) is 29.7 Å². The minimum atomic E-state index is -0.743. The number of nitrogens with zero attached hydrogens (tertiary/aromatic N) is 1. The predicted molar refractivity (Wildman–Crippen MR) is 108 cm³/mol. The molecule has 1 heterocycles. The molecule has 0 aliphatic heterocycles. The molecule has 0 fully saturated rings. The van der Waals surface area contributed by atoms with Gasteiger partial charge in [0.2, 0.25) is 0 Å². The molecule has 0 bridgehead atoms. The van der Waals surface area contributed by atoms with Crippen molar-refractivity contribution in [2.75, 3.05) is 7.11 Å². The molecule has 0 amide bonds. The molecule has 0 aliphatic carbocycles. The maximum Gasteiger partial charge on any atom is 0.340 e. The number of carbonyl (C=O) groups excluding carboxylic acids is 2. The zero-order valence-electron chi connectivity index (χ0n) is 15.6. The van der Waals surface area contributed by atoms with Gasteiger partial charge in [-0.25, -0.2) is 4.79 Å². The van der Waals surface area contributed by atoms with Gasteiger partial charge in [0.05, 0.1) is 18.2 Å². The van der Waals surface area contributed by atoms with Crippen molar-refractivity contribution in [2.45, 2.75) is 13.0 Å². The third kappa shape index (κ3) is 3.01. The minimum Gasteiger partial charge on any atom is -0.480 e. The number of para-hydroxylation sites is 1. The van der Waals surface area contributed by atoms with E-state index in [4.69, 9.17) is 9.47 Å². The van der Waals surface area contributed by atoms with Crippen LogP contribution in [-0.2, 0) is 4.74 Å². The third-order valence-corrected chi connectivity index (χ3v) is 4.76. The molecule has 0 saturated carbocycles. The number of hydrogen-bond donors (Lipinski definition) is 0. The molecule has 0 N–H and O–H groups in total. The highest BCUT2D eigenvalue weighted by molar-refractivity contribution is 6.07. The van der Waals surface area contributed by atoms with Gasteiger partial charge in [-0.3, -0.25) is 9.36 Å². The van der Waals surface area contributed by atoms with Gasteiger partial charge in [0, 0.05) is 17.0 Å². The number of aromatic nitrogens is 1. The normalized spacial score (nSPS) is 12.1. The van der Waals surface area contributed by atoms with Crippen molar-refractivity contribution < 1.29 is 19.1 Å². The van der Waals surface area contributed by atoms with Crippen molar-refractivity contribution in [1.29, 1.82) is 0 Å². The molecule has 3 aromatic carbocycles. The van der Waals surface area contributed by atoms with Gasteiger partial charge in [0.1, 0.15) is 5.75 Å². The van der Waals surface area contributed by atoms with E-state index in [2.05, 4.69) is 0 Å². The highest BCUT2D eigenvalue weighted by atomic mass is 16.5. The average molecular weight is 373 g/mol. The Balaban J connectivity index is 1.70. The summed E-state index contributed by atoms with van der Waals surface area (Å²) in [5, 5.41) is 2.65. The van der Waals surface area contributed by atoms with Gasteiger partial charge in [-0.2, -0.15) is 0 Å². The number of methoxy groups -OCH3 is 1. The highest BCUT2D eigenvalue weighted by Crippen LogP contribution is 2.27. The Morgan fingerprint density at radius 1 is 0.893 bits per heavy atom. The van der Waals surface area contributed by atoms with Crippen LogP contribution in [0.5, 0.6) is 5.75 Å². The first-order valence-electron chi connectivity index (χ1n) is 8.97. The third-order valence-electron chi connectivity index (χ3n) is 4.76. The van der Waals surface area contributed by atoms with Crippen molar-refractivity contribution in [3.05, 3.63) is 78.5 Å². The molecule has 5 heteroatoms. The summed E-state index contributed by atoms with van der Waals surface area (Å²) in [6, 6.07) is 20.8. The van der Waals surface area contributed by atoms with E-state index in [1.54, 1.807) is 19.1 Å². The summed E-state index contributed by atoms with van der Waals surface area (Å²) in [4.78, 5) is 25.2. The Bertz CT molecular complexity index is 1190. The molecular formula is C23H19NO4. The Morgan fingerprint density at radius 2 is 1.57 bits per heavy atom. The number of fused-ring (bicyclic) bond motifs is 2. The summed E-state index contributed by atoms with van der Waals surface area (Å²) >= 11 is 0. The number of ether oxygens (including phenoxy) is 2. The molecule has 5 nitrogen and oxygen atoms in total. The van der Waals surface area contributed by atoms with Gasteiger partial charge in [-0.05, 0) is 24.4 Å². The smallest absolute Gasteiger partial charge is 0.340 e. The van der Waals surface area contributed by atoms with Gasteiger partial charge in [-0.15, -0.1) is 0 Å². The topological polar surface area (TPSA) is 57.5 Å². The van der Waals surface area contributed by atoms with Crippen LogP contribution in [0, 0.1) is 0 Å². The molecule has 1 aromatic heterocycles. The molecule has 0 aliphatic rings.